The molecule has 0 bridgehead atoms. The van der Waals surface area contributed by atoms with Crippen LogP contribution >= 0.6 is 23.2 Å². The summed E-state index contributed by atoms with van der Waals surface area (Å²) in [5.41, 5.74) is 6.16. The topological polar surface area (TPSA) is 144 Å². The number of carbonyl (C=O) groups excluding carboxylic acids is 3. The molecule has 2 aromatic heterocycles. The van der Waals surface area contributed by atoms with Crippen molar-refractivity contribution in [2.45, 2.75) is 121 Å². The Morgan fingerprint density at radius 3 is 1.87 bits per heavy atom. The molecule has 3 aliphatic carbocycles. The largest absolute Gasteiger partial charge is 0.469 e. The van der Waals surface area contributed by atoms with Gasteiger partial charge in [0.1, 0.15) is 0 Å². The highest BCUT2D eigenvalue weighted by atomic mass is 35.5. The third kappa shape index (κ3) is 9.43. The minimum atomic E-state index is -0.356. The van der Waals surface area contributed by atoms with Crippen LogP contribution < -0.4 is 10.6 Å². The first kappa shape index (κ1) is 43.4. The number of aliphatic hydroxyl groups is 1. The summed E-state index contributed by atoms with van der Waals surface area (Å²) < 4.78 is 8.80. The Bertz CT molecular complexity index is 2250. The van der Waals surface area contributed by atoms with E-state index in [1.807, 2.05) is 47.5 Å². The Kier molecular flexibility index (Phi) is 13.5. The minimum absolute atomic E-state index is 0.0599. The van der Waals surface area contributed by atoms with Crippen molar-refractivity contribution in [3.05, 3.63) is 80.9 Å². The summed E-state index contributed by atoms with van der Waals surface area (Å²) in [6, 6.07) is 11.2. The van der Waals surface area contributed by atoms with E-state index in [0.717, 1.165) is 119 Å². The van der Waals surface area contributed by atoms with Gasteiger partial charge in [-0.1, -0.05) is 66.7 Å². The van der Waals surface area contributed by atoms with E-state index in [4.69, 9.17) is 37.9 Å². The van der Waals surface area contributed by atoms with Crippen LogP contribution in [0, 0.1) is 17.8 Å². The maximum absolute atomic E-state index is 13.9. The molecule has 2 amide bonds. The van der Waals surface area contributed by atoms with Crippen molar-refractivity contribution in [1.82, 2.24) is 24.0 Å². The predicted octanol–water partition coefficient (Wildman–Crippen LogP) is 8.94. The van der Waals surface area contributed by atoms with Crippen LogP contribution in [-0.2, 0) is 49.4 Å². The van der Waals surface area contributed by atoms with Crippen LogP contribution in [-0.4, -0.2) is 72.7 Å². The third-order valence-corrected chi connectivity index (χ3v) is 14.9. The molecular weight excluding hydrogens is 813 g/mol. The summed E-state index contributed by atoms with van der Waals surface area (Å²) in [6.45, 7) is 1.59. The number of esters is 1. The molecule has 2 saturated carbocycles. The third-order valence-electron chi connectivity index (χ3n) is 14.1. The highest BCUT2D eigenvalue weighted by Gasteiger charge is 2.32. The van der Waals surface area contributed by atoms with E-state index in [1.54, 1.807) is 12.1 Å². The van der Waals surface area contributed by atoms with E-state index in [9.17, 15) is 19.5 Å². The molecule has 326 valence electrons. The van der Waals surface area contributed by atoms with Crippen molar-refractivity contribution in [2.24, 2.45) is 31.8 Å². The molecule has 0 spiro atoms. The van der Waals surface area contributed by atoms with Crippen molar-refractivity contribution in [1.29, 1.82) is 0 Å². The van der Waals surface area contributed by atoms with Crippen LogP contribution in [0.15, 0.2) is 36.4 Å². The number of imidazole rings is 2. The van der Waals surface area contributed by atoms with Gasteiger partial charge in [-0.15, -0.1) is 0 Å². The van der Waals surface area contributed by atoms with E-state index in [1.165, 1.54) is 20.0 Å². The normalized spacial score (nSPS) is 23.3. The minimum Gasteiger partial charge on any atom is -0.469 e. The first-order chi connectivity index (χ1) is 29.5. The van der Waals surface area contributed by atoms with Crippen LogP contribution in [0.25, 0.3) is 11.1 Å². The Balaban J connectivity index is 0.903. The molecule has 1 unspecified atom stereocenters. The number of halogens is 2. The van der Waals surface area contributed by atoms with Crippen molar-refractivity contribution < 1.29 is 24.2 Å². The summed E-state index contributed by atoms with van der Waals surface area (Å²) in [4.78, 5) is 51.7. The average Bonchev–Trinajstić information content (AvgIpc) is 3.76. The first-order valence-electron chi connectivity index (χ1n) is 22.3. The van der Waals surface area contributed by atoms with Gasteiger partial charge >= 0.3 is 5.97 Å². The lowest BCUT2D eigenvalue weighted by Gasteiger charge is -2.37. The van der Waals surface area contributed by atoms with Gasteiger partial charge in [-0.05, 0) is 101 Å². The fourth-order valence-corrected chi connectivity index (χ4v) is 11.0. The number of hydrogen-bond donors (Lipinski definition) is 3. The Morgan fingerprint density at radius 1 is 0.721 bits per heavy atom. The maximum atomic E-state index is 13.9. The molecule has 14 heteroatoms. The van der Waals surface area contributed by atoms with E-state index in [-0.39, 0.29) is 29.8 Å². The highest BCUT2D eigenvalue weighted by Crippen LogP contribution is 2.41. The van der Waals surface area contributed by atoms with Gasteiger partial charge in [0, 0.05) is 62.2 Å². The van der Waals surface area contributed by atoms with Crippen molar-refractivity contribution >= 4 is 52.4 Å². The van der Waals surface area contributed by atoms with E-state index < -0.39 is 0 Å². The monoisotopic (exact) mass is 871 g/mol. The summed E-state index contributed by atoms with van der Waals surface area (Å²) in [6.07, 6.45) is 15.7. The average molecular weight is 873 g/mol. The Morgan fingerprint density at radius 2 is 1.28 bits per heavy atom. The van der Waals surface area contributed by atoms with E-state index in [0.29, 0.717) is 68.6 Å². The first-order valence-corrected chi connectivity index (χ1v) is 23.0. The number of nitrogens with zero attached hydrogens (tertiary/aromatic N) is 5. The Hall–Kier alpha value is -4.23. The lowest BCUT2D eigenvalue weighted by atomic mass is 9.78. The predicted molar refractivity (Wildman–Crippen MR) is 238 cm³/mol. The number of nitrogens with one attached hydrogen (secondary N) is 2. The molecule has 1 atom stereocenters. The van der Waals surface area contributed by atoms with Crippen molar-refractivity contribution in [2.75, 3.05) is 24.3 Å². The number of benzene rings is 2. The number of fused-ring (bicyclic) bond motifs is 2. The van der Waals surface area contributed by atoms with Crippen LogP contribution in [0.4, 0.5) is 11.4 Å². The lowest BCUT2D eigenvalue weighted by Crippen LogP contribution is -2.42. The molecule has 4 aromatic rings. The van der Waals surface area contributed by atoms with Gasteiger partial charge < -0.3 is 29.6 Å². The van der Waals surface area contributed by atoms with Gasteiger partial charge in [0.25, 0.3) is 11.8 Å². The summed E-state index contributed by atoms with van der Waals surface area (Å²) in [5.74, 6) is 1.31. The van der Waals surface area contributed by atoms with Gasteiger partial charge in [0.05, 0.1) is 51.9 Å². The maximum Gasteiger partial charge on any atom is 0.308 e. The second-order valence-corrected chi connectivity index (χ2v) is 18.6. The zero-order valence-corrected chi connectivity index (χ0v) is 37.2. The van der Waals surface area contributed by atoms with E-state index >= 15 is 0 Å². The van der Waals surface area contributed by atoms with Gasteiger partial charge in [-0.3, -0.25) is 19.3 Å². The van der Waals surface area contributed by atoms with Gasteiger partial charge in [0.2, 0.25) is 0 Å². The number of amides is 2. The highest BCUT2D eigenvalue weighted by molar-refractivity contribution is 6.40. The van der Waals surface area contributed by atoms with Crippen molar-refractivity contribution in [3.63, 3.8) is 0 Å². The van der Waals surface area contributed by atoms with Crippen LogP contribution in [0.1, 0.15) is 127 Å². The summed E-state index contributed by atoms with van der Waals surface area (Å²) in [7, 11) is 5.29. The molecule has 1 aliphatic heterocycles. The molecule has 4 aliphatic rings. The van der Waals surface area contributed by atoms with Crippen LogP contribution in [0.5, 0.6) is 0 Å². The van der Waals surface area contributed by atoms with Crippen LogP contribution in [0.2, 0.25) is 10.0 Å². The summed E-state index contributed by atoms with van der Waals surface area (Å²) >= 11 is 14.0. The smallest absolute Gasteiger partial charge is 0.308 e. The second kappa shape index (κ2) is 19.0. The summed E-state index contributed by atoms with van der Waals surface area (Å²) in [5, 5.41) is 16.6. The second-order valence-electron chi connectivity index (χ2n) is 17.8. The molecule has 12 nitrogen and oxygen atoms in total. The molecule has 0 saturated heterocycles. The molecule has 8 rings (SSSR count). The molecule has 2 aromatic carbocycles. The molecule has 3 heterocycles. The number of aliphatic hydroxyl groups excluding tert-OH is 1. The fourth-order valence-electron chi connectivity index (χ4n) is 10.5. The number of aryl methyl sites for hydroxylation is 1. The number of ether oxygens (including phenoxy) is 1. The number of methoxy groups -OCH3 is 1. The number of aromatic nitrogens is 4. The number of carbonyl (C=O) groups is 3. The SMILES string of the molecule is COC(=O)C1CCC(CCC2CCCc3nc(C(=O)Nc4cccc(-c5cccc(NC(=O)c6nc7c(n6C)CCN(C6CCC(O)CC6)C7)c5Cl)c4Cl)n(C)c3CC2)CC1. The lowest BCUT2D eigenvalue weighted by molar-refractivity contribution is -0.146. The van der Waals surface area contributed by atoms with Gasteiger partial charge in [-0.25, -0.2) is 9.97 Å². The number of rotatable bonds is 10. The molecule has 2 fully saturated rings. The molecule has 3 N–H and O–H groups in total. The van der Waals surface area contributed by atoms with Gasteiger partial charge in [-0.2, -0.15) is 0 Å². The quantitative estimate of drug-likeness (QED) is 0.134. The van der Waals surface area contributed by atoms with Gasteiger partial charge in [0.15, 0.2) is 11.6 Å². The van der Waals surface area contributed by atoms with Crippen LogP contribution in [0.3, 0.4) is 0 Å². The molecule has 61 heavy (non-hydrogen) atoms. The van der Waals surface area contributed by atoms with E-state index in [2.05, 4.69) is 15.5 Å². The number of hydrogen-bond acceptors (Lipinski definition) is 8. The zero-order chi connectivity index (χ0) is 42.8. The molecule has 0 radical (unpaired) electrons. The zero-order valence-electron chi connectivity index (χ0n) is 35.7. The fraction of sp³-hybridized carbons (Fsp3) is 0.553. The van der Waals surface area contributed by atoms with Crippen molar-refractivity contribution in [3.8, 4) is 11.1 Å². The Labute approximate surface area is 368 Å². The number of anilines is 2. The molecular formula is C47H59Cl2N7O5. The standard InChI is InChI=1S/C47H59Cl2N7O5/c1-54-39-24-17-28(13-14-29-15-18-30(19-16-29)47(60)61-3)7-4-10-35(39)50-43(54)45(58)52-36-11-5-8-33(41(36)48)34-9-6-12-37(42(34)49)53-46(59)44-51-38-27-56(26-25-40(38)55(44)2)31-20-22-32(57)23-21-31/h5-6,8-9,11-12,28-32,57H,4,7,10,13-27H2,1-3H3,(H,52,58)(H,53,59).